The highest BCUT2D eigenvalue weighted by Gasteiger charge is 2.39. The number of carbonyl (C=O) groups is 2. The SMILES string of the molecule is Cc1noc(C)c1CCC(=O)NCc1ccc([C@@H]2NC(=O)N[C@H]3OCCC[C@H]32)cc1. The molecule has 3 N–H and O–H groups in total. The van der Waals surface area contributed by atoms with Crippen molar-refractivity contribution in [3.63, 3.8) is 0 Å². The molecule has 160 valence electrons. The number of hydrogen-bond donors (Lipinski definition) is 3. The Balaban J connectivity index is 1.31. The molecule has 0 aliphatic carbocycles. The average molecular weight is 412 g/mol. The van der Waals surface area contributed by atoms with Crippen LogP contribution in [-0.4, -0.2) is 29.9 Å². The van der Waals surface area contributed by atoms with Gasteiger partial charge >= 0.3 is 6.03 Å². The van der Waals surface area contributed by atoms with E-state index in [1.165, 1.54) is 0 Å². The third kappa shape index (κ3) is 4.48. The Hall–Kier alpha value is -2.87. The largest absolute Gasteiger partial charge is 0.361 e. The van der Waals surface area contributed by atoms with Crippen LogP contribution in [0, 0.1) is 19.8 Å². The molecular weight excluding hydrogens is 384 g/mol. The second kappa shape index (κ2) is 8.87. The van der Waals surface area contributed by atoms with Crippen molar-refractivity contribution in [3.8, 4) is 0 Å². The first-order chi connectivity index (χ1) is 14.5. The van der Waals surface area contributed by atoms with Crippen LogP contribution in [0.1, 0.15) is 53.4 Å². The lowest BCUT2D eigenvalue weighted by Gasteiger charge is -2.41. The van der Waals surface area contributed by atoms with E-state index in [0.29, 0.717) is 26.0 Å². The van der Waals surface area contributed by atoms with Gasteiger partial charge in [0.25, 0.3) is 0 Å². The number of benzene rings is 1. The van der Waals surface area contributed by atoms with Crippen molar-refractivity contribution in [3.05, 3.63) is 52.4 Å². The van der Waals surface area contributed by atoms with Gasteiger partial charge in [0.2, 0.25) is 5.91 Å². The smallest absolute Gasteiger partial charge is 0.317 e. The van der Waals surface area contributed by atoms with Gasteiger partial charge in [0, 0.05) is 31.1 Å². The minimum absolute atomic E-state index is 0.00751. The molecule has 2 aliphatic heterocycles. The summed E-state index contributed by atoms with van der Waals surface area (Å²) in [5, 5.41) is 12.8. The van der Waals surface area contributed by atoms with Gasteiger partial charge in [-0.15, -0.1) is 0 Å². The van der Waals surface area contributed by atoms with Gasteiger partial charge in [0.05, 0.1) is 11.7 Å². The number of hydrogen-bond acceptors (Lipinski definition) is 5. The van der Waals surface area contributed by atoms with E-state index >= 15 is 0 Å². The number of amides is 3. The van der Waals surface area contributed by atoms with E-state index in [-0.39, 0.29) is 30.1 Å². The molecule has 30 heavy (non-hydrogen) atoms. The van der Waals surface area contributed by atoms with Crippen molar-refractivity contribution in [1.82, 2.24) is 21.1 Å². The first-order valence-electron chi connectivity index (χ1n) is 10.5. The molecule has 8 nitrogen and oxygen atoms in total. The van der Waals surface area contributed by atoms with Gasteiger partial charge in [-0.3, -0.25) is 4.79 Å². The van der Waals surface area contributed by atoms with E-state index in [0.717, 1.165) is 41.0 Å². The Kier molecular flexibility index (Phi) is 6.03. The minimum atomic E-state index is -0.228. The summed E-state index contributed by atoms with van der Waals surface area (Å²) >= 11 is 0. The van der Waals surface area contributed by atoms with E-state index in [1.807, 2.05) is 38.1 Å². The third-order valence-electron chi connectivity index (χ3n) is 5.97. The number of urea groups is 1. The number of ether oxygens (including phenoxy) is 1. The van der Waals surface area contributed by atoms with Gasteiger partial charge in [-0.05, 0) is 44.2 Å². The molecular formula is C22H28N4O4. The number of nitrogens with zero attached hydrogens (tertiary/aromatic N) is 1. The van der Waals surface area contributed by atoms with E-state index in [9.17, 15) is 9.59 Å². The second-order valence-corrected chi connectivity index (χ2v) is 8.01. The Morgan fingerprint density at radius 1 is 1.23 bits per heavy atom. The monoisotopic (exact) mass is 412 g/mol. The molecule has 3 atom stereocenters. The van der Waals surface area contributed by atoms with Crippen molar-refractivity contribution in [1.29, 1.82) is 0 Å². The molecule has 0 unspecified atom stereocenters. The lowest BCUT2D eigenvalue weighted by atomic mass is 9.85. The molecule has 4 rings (SSSR count). The lowest BCUT2D eigenvalue weighted by Crippen LogP contribution is -2.58. The standard InChI is InChI=1S/C22H28N4O4/c1-13-17(14(2)30-26-13)9-10-19(27)23-12-15-5-7-16(8-6-15)20-18-4-3-11-29-21(18)25-22(28)24-20/h5-8,18,20-21H,3-4,9-12H2,1-2H3,(H,23,27)(H2,24,25,28)/t18-,20-,21-/m0/s1. The fourth-order valence-corrected chi connectivity index (χ4v) is 4.27. The van der Waals surface area contributed by atoms with Crippen LogP contribution in [0.3, 0.4) is 0 Å². The summed E-state index contributed by atoms with van der Waals surface area (Å²) in [6, 6.07) is 7.77. The van der Waals surface area contributed by atoms with E-state index in [2.05, 4.69) is 21.1 Å². The van der Waals surface area contributed by atoms with E-state index in [4.69, 9.17) is 9.26 Å². The number of aryl methyl sites for hydroxylation is 2. The van der Waals surface area contributed by atoms with Crippen LogP contribution in [0.25, 0.3) is 0 Å². The maximum atomic E-state index is 12.2. The topological polar surface area (TPSA) is 105 Å². The van der Waals surface area contributed by atoms with Crippen molar-refractivity contribution in [2.24, 2.45) is 5.92 Å². The number of carbonyl (C=O) groups excluding carboxylic acids is 2. The number of rotatable bonds is 6. The van der Waals surface area contributed by atoms with Gasteiger partial charge < -0.3 is 25.2 Å². The highest BCUT2D eigenvalue weighted by Crippen LogP contribution is 2.34. The molecule has 0 saturated carbocycles. The van der Waals surface area contributed by atoms with Crippen LogP contribution in [0.15, 0.2) is 28.8 Å². The predicted molar refractivity (Wildman–Crippen MR) is 109 cm³/mol. The first-order valence-corrected chi connectivity index (χ1v) is 10.5. The normalized spacial score (nSPS) is 23.3. The summed E-state index contributed by atoms with van der Waals surface area (Å²) in [7, 11) is 0. The fourth-order valence-electron chi connectivity index (χ4n) is 4.27. The molecule has 2 aliphatic rings. The molecule has 2 aromatic rings. The Bertz CT molecular complexity index is 889. The summed E-state index contributed by atoms with van der Waals surface area (Å²) in [6.45, 7) is 4.90. The molecule has 1 aromatic heterocycles. The summed E-state index contributed by atoms with van der Waals surface area (Å²) in [6.07, 6.45) is 2.78. The zero-order valence-corrected chi connectivity index (χ0v) is 17.4. The van der Waals surface area contributed by atoms with Crippen LogP contribution in [-0.2, 0) is 22.5 Å². The van der Waals surface area contributed by atoms with Crippen molar-refractivity contribution in [2.75, 3.05) is 6.61 Å². The molecule has 1 aromatic carbocycles. The minimum Gasteiger partial charge on any atom is -0.361 e. The van der Waals surface area contributed by atoms with Gasteiger partial charge in [-0.1, -0.05) is 29.4 Å². The summed E-state index contributed by atoms with van der Waals surface area (Å²) in [5.74, 6) is 0.977. The second-order valence-electron chi connectivity index (χ2n) is 8.01. The van der Waals surface area contributed by atoms with Crippen LogP contribution >= 0.6 is 0 Å². The first kappa shape index (κ1) is 20.4. The number of nitrogens with one attached hydrogen (secondary N) is 3. The molecule has 2 saturated heterocycles. The van der Waals surface area contributed by atoms with Gasteiger partial charge in [0.1, 0.15) is 12.0 Å². The molecule has 2 fully saturated rings. The maximum absolute atomic E-state index is 12.2. The molecule has 0 radical (unpaired) electrons. The van der Waals surface area contributed by atoms with Crippen LogP contribution in [0.2, 0.25) is 0 Å². The van der Waals surface area contributed by atoms with Crippen LogP contribution in [0.4, 0.5) is 4.79 Å². The average Bonchev–Trinajstić information content (AvgIpc) is 3.08. The zero-order valence-electron chi connectivity index (χ0n) is 17.4. The predicted octanol–water partition coefficient (Wildman–Crippen LogP) is 2.65. The van der Waals surface area contributed by atoms with E-state index < -0.39 is 0 Å². The fraction of sp³-hybridized carbons (Fsp3) is 0.500. The summed E-state index contributed by atoms with van der Waals surface area (Å²) in [4.78, 5) is 24.2. The highest BCUT2D eigenvalue weighted by atomic mass is 16.5. The van der Waals surface area contributed by atoms with Crippen molar-refractivity contribution in [2.45, 2.75) is 58.3 Å². The Labute approximate surface area is 175 Å². The quantitative estimate of drug-likeness (QED) is 0.676. The van der Waals surface area contributed by atoms with Crippen LogP contribution in [0.5, 0.6) is 0 Å². The summed E-state index contributed by atoms with van der Waals surface area (Å²) < 4.78 is 10.9. The summed E-state index contributed by atoms with van der Waals surface area (Å²) in [5.41, 5.74) is 3.91. The van der Waals surface area contributed by atoms with Gasteiger partial charge in [-0.25, -0.2) is 4.79 Å². The lowest BCUT2D eigenvalue weighted by molar-refractivity contribution is -0.121. The van der Waals surface area contributed by atoms with Crippen molar-refractivity contribution >= 4 is 11.9 Å². The Morgan fingerprint density at radius 2 is 2.03 bits per heavy atom. The third-order valence-corrected chi connectivity index (χ3v) is 5.97. The Morgan fingerprint density at radius 3 is 2.77 bits per heavy atom. The molecule has 0 spiro atoms. The van der Waals surface area contributed by atoms with Gasteiger partial charge in [0.15, 0.2) is 0 Å². The molecule has 0 bridgehead atoms. The number of aromatic nitrogens is 1. The highest BCUT2D eigenvalue weighted by molar-refractivity contribution is 5.76. The maximum Gasteiger partial charge on any atom is 0.317 e. The molecule has 3 heterocycles. The zero-order chi connectivity index (χ0) is 21.1. The molecule has 8 heteroatoms. The van der Waals surface area contributed by atoms with Gasteiger partial charge in [-0.2, -0.15) is 0 Å². The van der Waals surface area contributed by atoms with E-state index in [1.54, 1.807) is 0 Å². The molecule has 3 amide bonds. The van der Waals surface area contributed by atoms with Crippen LogP contribution < -0.4 is 16.0 Å². The number of fused-ring (bicyclic) bond motifs is 1. The van der Waals surface area contributed by atoms with Crippen molar-refractivity contribution < 1.29 is 18.8 Å².